The molecule has 0 aliphatic rings. The summed E-state index contributed by atoms with van der Waals surface area (Å²) in [6.07, 6.45) is 4.62. The van der Waals surface area contributed by atoms with Crippen LogP contribution < -0.4 is 5.32 Å². The number of amides is 1. The van der Waals surface area contributed by atoms with Crippen molar-refractivity contribution in [3.63, 3.8) is 0 Å². The van der Waals surface area contributed by atoms with E-state index in [1.807, 2.05) is 25.8 Å². The number of nitrogens with one attached hydrogen (secondary N) is 1. The lowest BCUT2D eigenvalue weighted by atomic mass is 10.0. The largest absolute Gasteiger partial charge is 0.355 e. The Hall–Kier alpha value is -0.900. The van der Waals surface area contributed by atoms with Crippen molar-refractivity contribution in [3.05, 3.63) is 0 Å². The van der Waals surface area contributed by atoms with Gasteiger partial charge in [0.1, 0.15) is 5.78 Å². The number of nitrogens with zero attached hydrogens (tertiary/aromatic N) is 1. The van der Waals surface area contributed by atoms with Gasteiger partial charge in [-0.25, -0.2) is 0 Å². The number of carbonyl (C=O) groups excluding carboxylic acids is 2. The van der Waals surface area contributed by atoms with Crippen LogP contribution in [0.5, 0.6) is 0 Å². The molecule has 0 atom stereocenters. The van der Waals surface area contributed by atoms with E-state index in [4.69, 9.17) is 0 Å². The number of Topliss-reactive ketones (excluding diaryl/α,β-unsaturated/α-hetero) is 1. The molecule has 0 aromatic heterocycles. The fourth-order valence-corrected chi connectivity index (χ4v) is 1.88. The van der Waals surface area contributed by atoms with E-state index in [1.165, 1.54) is 0 Å². The topological polar surface area (TPSA) is 49.4 Å². The Labute approximate surface area is 119 Å². The van der Waals surface area contributed by atoms with Gasteiger partial charge in [0, 0.05) is 20.3 Å². The van der Waals surface area contributed by atoms with Gasteiger partial charge in [-0.05, 0) is 32.9 Å². The molecule has 0 aromatic carbocycles. The van der Waals surface area contributed by atoms with Crippen molar-refractivity contribution in [2.75, 3.05) is 26.7 Å². The van der Waals surface area contributed by atoms with Crippen LogP contribution in [-0.2, 0) is 9.59 Å². The highest BCUT2D eigenvalue weighted by Gasteiger charge is 2.07. The van der Waals surface area contributed by atoms with Gasteiger partial charge in [-0.3, -0.25) is 14.5 Å². The Kier molecular flexibility index (Phi) is 10.5. The summed E-state index contributed by atoms with van der Waals surface area (Å²) in [5.41, 5.74) is 0. The minimum absolute atomic E-state index is 0. The van der Waals surface area contributed by atoms with Crippen molar-refractivity contribution in [1.82, 2.24) is 10.2 Å². The zero-order valence-corrected chi connectivity index (χ0v) is 13.0. The molecule has 0 spiro atoms. The molecule has 0 aromatic rings. The zero-order chi connectivity index (χ0) is 14.7. The van der Waals surface area contributed by atoms with Gasteiger partial charge in [0.05, 0.1) is 6.54 Å². The van der Waals surface area contributed by atoms with Crippen LogP contribution >= 0.6 is 0 Å². The summed E-state index contributed by atoms with van der Waals surface area (Å²) in [4.78, 5) is 25.0. The molecule has 19 heavy (non-hydrogen) atoms. The third-order valence-electron chi connectivity index (χ3n) is 3.08. The molecule has 1 N–H and O–H groups in total. The molecular weight excluding hydrogens is 240 g/mol. The first-order valence-corrected chi connectivity index (χ1v) is 7.45. The van der Waals surface area contributed by atoms with Crippen LogP contribution in [0.4, 0.5) is 0 Å². The Morgan fingerprint density at radius 3 is 2.47 bits per heavy atom. The summed E-state index contributed by atoms with van der Waals surface area (Å²) in [5.74, 6) is 0.577. The van der Waals surface area contributed by atoms with Crippen LogP contribution in [0.15, 0.2) is 0 Å². The molecule has 1 amide bonds. The summed E-state index contributed by atoms with van der Waals surface area (Å²) in [7, 11) is 1.96. The Balaban J connectivity index is 0. The van der Waals surface area contributed by atoms with E-state index in [0.29, 0.717) is 25.3 Å². The molecule has 0 saturated heterocycles. The maximum atomic E-state index is 11.6. The van der Waals surface area contributed by atoms with E-state index in [-0.39, 0.29) is 13.3 Å². The molecule has 0 radical (unpaired) electrons. The zero-order valence-electron chi connectivity index (χ0n) is 13.0. The highest BCUT2D eigenvalue weighted by molar-refractivity contribution is 5.80. The van der Waals surface area contributed by atoms with Crippen molar-refractivity contribution in [2.24, 2.45) is 5.92 Å². The van der Waals surface area contributed by atoms with E-state index in [9.17, 15) is 9.59 Å². The number of carbonyl (C=O) groups is 2. The SMILES string of the molecule is CCCN(C)CC(=O)NCCCCCC(=O)C(C)C.[HH]. The van der Waals surface area contributed by atoms with E-state index in [2.05, 4.69) is 12.2 Å². The smallest absolute Gasteiger partial charge is 0.234 e. The molecule has 4 nitrogen and oxygen atoms in total. The molecule has 0 unspecified atom stereocenters. The third kappa shape index (κ3) is 10.7. The second-order valence-electron chi connectivity index (χ2n) is 5.52. The van der Waals surface area contributed by atoms with Gasteiger partial charge in [0.25, 0.3) is 0 Å². The number of unbranched alkanes of at least 4 members (excludes halogenated alkanes) is 2. The fraction of sp³-hybridized carbons (Fsp3) is 0.867. The van der Waals surface area contributed by atoms with Crippen molar-refractivity contribution in [1.29, 1.82) is 0 Å². The predicted molar refractivity (Wildman–Crippen MR) is 81.2 cm³/mol. The van der Waals surface area contributed by atoms with Crippen LogP contribution in [0.2, 0.25) is 0 Å². The van der Waals surface area contributed by atoms with Gasteiger partial charge in [0.15, 0.2) is 0 Å². The fourth-order valence-electron chi connectivity index (χ4n) is 1.88. The van der Waals surface area contributed by atoms with E-state index in [0.717, 1.165) is 32.2 Å². The number of hydrogen-bond donors (Lipinski definition) is 1. The summed E-state index contributed by atoms with van der Waals surface area (Å²) in [6.45, 7) is 8.12. The lowest BCUT2D eigenvalue weighted by molar-refractivity contribution is -0.123. The molecule has 4 heteroatoms. The molecule has 0 bridgehead atoms. The predicted octanol–water partition coefficient (Wildman–Crippen LogP) is 2.48. The van der Waals surface area contributed by atoms with Crippen LogP contribution in [0.25, 0.3) is 0 Å². The van der Waals surface area contributed by atoms with Crippen molar-refractivity contribution >= 4 is 11.7 Å². The monoisotopic (exact) mass is 272 g/mol. The van der Waals surface area contributed by atoms with Gasteiger partial charge >= 0.3 is 0 Å². The number of hydrogen-bond acceptors (Lipinski definition) is 3. The summed E-state index contributed by atoms with van der Waals surface area (Å²) in [5, 5.41) is 2.92. The van der Waals surface area contributed by atoms with E-state index in [1.54, 1.807) is 0 Å². The first-order chi connectivity index (χ1) is 8.97. The third-order valence-corrected chi connectivity index (χ3v) is 3.08. The van der Waals surface area contributed by atoms with E-state index < -0.39 is 0 Å². The number of likely N-dealkylation sites (N-methyl/N-ethyl adjacent to an activating group) is 1. The van der Waals surface area contributed by atoms with Crippen molar-refractivity contribution in [2.45, 2.75) is 52.9 Å². The number of rotatable bonds is 11. The molecular formula is C15H32N2O2. The molecule has 0 saturated carbocycles. The quantitative estimate of drug-likeness (QED) is 0.588. The number of ketones is 1. The highest BCUT2D eigenvalue weighted by atomic mass is 16.2. The minimum atomic E-state index is 0. The molecule has 0 heterocycles. The Bertz CT molecular complexity index is 271. The highest BCUT2D eigenvalue weighted by Crippen LogP contribution is 2.05. The maximum absolute atomic E-state index is 11.6. The van der Waals surface area contributed by atoms with Gasteiger partial charge in [-0.1, -0.05) is 27.2 Å². The van der Waals surface area contributed by atoms with Crippen LogP contribution in [0.1, 0.15) is 54.3 Å². The average molecular weight is 272 g/mol. The van der Waals surface area contributed by atoms with Crippen LogP contribution in [0.3, 0.4) is 0 Å². The van der Waals surface area contributed by atoms with E-state index >= 15 is 0 Å². The second-order valence-corrected chi connectivity index (χ2v) is 5.52. The summed E-state index contributed by atoms with van der Waals surface area (Å²) < 4.78 is 0. The van der Waals surface area contributed by atoms with Crippen molar-refractivity contribution in [3.8, 4) is 0 Å². The average Bonchev–Trinajstić information content (AvgIpc) is 2.33. The molecule has 114 valence electrons. The Morgan fingerprint density at radius 2 is 1.89 bits per heavy atom. The first kappa shape index (κ1) is 18.1. The van der Waals surface area contributed by atoms with Crippen molar-refractivity contribution < 1.29 is 11.0 Å². The summed E-state index contributed by atoms with van der Waals surface area (Å²) >= 11 is 0. The Morgan fingerprint density at radius 1 is 1.21 bits per heavy atom. The maximum Gasteiger partial charge on any atom is 0.234 e. The minimum Gasteiger partial charge on any atom is -0.355 e. The molecule has 0 aliphatic heterocycles. The second kappa shape index (κ2) is 11.0. The molecule has 0 aliphatic carbocycles. The van der Waals surface area contributed by atoms with Gasteiger partial charge in [0.2, 0.25) is 5.91 Å². The lowest BCUT2D eigenvalue weighted by Gasteiger charge is -2.14. The first-order valence-electron chi connectivity index (χ1n) is 7.45. The van der Waals surface area contributed by atoms with Gasteiger partial charge < -0.3 is 5.32 Å². The van der Waals surface area contributed by atoms with Gasteiger partial charge in [-0.15, -0.1) is 0 Å². The van der Waals surface area contributed by atoms with Crippen LogP contribution in [-0.4, -0.2) is 43.3 Å². The summed E-state index contributed by atoms with van der Waals surface area (Å²) in [6, 6.07) is 0. The normalized spacial score (nSPS) is 11.1. The standard InChI is InChI=1S/C15H30N2O2.H2/c1-5-11-17(4)12-15(19)16-10-8-6-7-9-14(18)13(2)3;/h13H,5-12H2,1-4H3,(H,16,19);1H. The van der Waals surface area contributed by atoms with Gasteiger partial charge in [-0.2, -0.15) is 0 Å². The molecule has 0 rings (SSSR count). The molecule has 0 fully saturated rings. The van der Waals surface area contributed by atoms with Crippen LogP contribution in [0, 0.1) is 5.92 Å². The lowest BCUT2D eigenvalue weighted by Crippen LogP contribution is -2.35.